The molecule has 0 saturated carbocycles. The van der Waals surface area contributed by atoms with Crippen LogP contribution < -0.4 is 15.0 Å². The Balaban J connectivity index is 1.62. The predicted octanol–water partition coefficient (Wildman–Crippen LogP) is 5.23. The maximum Gasteiger partial charge on any atom is 0.337 e. The lowest BCUT2D eigenvalue weighted by Gasteiger charge is -2.29. The van der Waals surface area contributed by atoms with Crippen molar-refractivity contribution in [3.8, 4) is 11.4 Å². The molecule has 0 spiro atoms. The molecule has 1 N–H and O–H groups in total. The minimum atomic E-state index is -0.378. The number of hydrogen-bond donors (Lipinski definition) is 1. The molecule has 2 aromatic carbocycles. The fourth-order valence-electron chi connectivity index (χ4n) is 4.57. The Hall–Kier alpha value is -4.17. The molecule has 4 aromatic rings. The first kappa shape index (κ1) is 23.6. The van der Waals surface area contributed by atoms with Gasteiger partial charge in [-0.05, 0) is 85.9 Å². The molecule has 1 aliphatic rings. The van der Waals surface area contributed by atoms with Gasteiger partial charge in [-0.1, -0.05) is 12.1 Å². The summed E-state index contributed by atoms with van der Waals surface area (Å²) in [7, 11) is 1.38. The van der Waals surface area contributed by atoms with Crippen LogP contribution in [0.1, 0.15) is 40.8 Å². The molecular weight excluding hydrogens is 472 g/mol. The number of benzene rings is 2. The third kappa shape index (κ3) is 4.43. The van der Waals surface area contributed by atoms with Crippen LogP contribution in [0.3, 0.4) is 0 Å². The van der Waals surface area contributed by atoms with Gasteiger partial charge in [-0.2, -0.15) is 0 Å². The second kappa shape index (κ2) is 10.2. The highest BCUT2D eigenvalue weighted by Gasteiger charge is 2.42. The van der Waals surface area contributed by atoms with Gasteiger partial charge in [0.05, 0.1) is 31.0 Å². The number of pyridine rings is 1. The molecule has 8 heteroatoms. The fraction of sp³-hybridized carbons (Fsp3) is 0.179. The van der Waals surface area contributed by atoms with Gasteiger partial charge in [0, 0.05) is 29.5 Å². The van der Waals surface area contributed by atoms with E-state index in [2.05, 4.69) is 25.8 Å². The van der Waals surface area contributed by atoms with E-state index in [4.69, 9.17) is 21.7 Å². The summed E-state index contributed by atoms with van der Waals surface area (Å²) in [6.07, 6.45) is 3.77. The Labute approximate surface area is 215 Å². The minimum absolute atomic E-state index is 0.192. The number of esters is 1. The van der Waals surface area contributed by atoms with Crippen LogP contribution in [0.15, 0.2) is 91.3 Å². The summed E-state index contributed by atoms with van der Waals surface area (Å²) in [6, 6.07) is 24.9. The highest BCUT2D eigenvalue weighted by atomic mass is 32.1. The Morgan fingerprint density at radius 1 is 1.03 bits per heavy atom. The van der Waals surface area contributed by atoms with Crippen molar-refractivity contribution in [1.82, 2.24) is 14.9 Å². The van der Waals surface area contributed by atoms with Gasteiger partial charge in [0.25, 0.3) is 0 Å². The smallest absolute Gasteiger partial charge is 0.337 e. The quantitative estimate of drug-likeness (QED) is 0.276. The molecule has 0 unspecified atom stereocenters. The maximum atomic E-state index is 12.2. The number of carbonyl (C=O) groups is 1. The molecule has 0 bridgehead atoms. The lowest BCUT2D eigenvalue weighted by molar-refractivity contribution is 0.0600. The van der Waals surface area contributed by atoms with E-state index in [1.54, 1.807) is 12.3 Å². The van der Waals surface area contributed by atoms with Crippen LogP contribution in [-0.4, -0.2) is 34.3 Å². The van der Waals surface area contributed by atoms with Crippen LogP contribution in [0.25, 0.3) is 5.69 Å². The number of rotatable bonds is 7. The number of nitrogens with one attached hydrogen (secondary N) is 1. The van der Waals surface area contributed by atoms with Gasteiger partial charge < -0.3 is 24.3 Å². The number of anilines is 1. The third-order valence-corrected chi connectivity index (χ3v) is 6.47. The summed E-state index contributed by atoms with van der Waals surface area (Å²) in [5.41, 5.74) is 4.15. The summed E-state index contributed by atoms with van der Waals surface area (Å²) >= 11 is 5.85. The Morgan fingerprint density at radius 3 is 2.58 bits per heavy atom. The van der Waals surface area contributed by atoms with Crippen molar-refractivity contribution in [3.05, 3.63) is 108 Å². The lowest BCUT2D eigenvalue weighted by Crippen LogP contribution is -2.30. The van der Waals surface area contributed by atoms with E-state index in [-0.39, 0.29) is 18.1 Å². The third-order valence-electron chi connectivity index (χ3n) is 6.15. The summed E-state index contributed by atoms with van der Waals surface area (Å²) in [5.74, 6) is 0.428. The summed E-state index contributed by atoms with van der Waals surface area (Å²) < 4.78 is 12.6. The molecule has 182 valence electrons. The number of ether oxygens (including phenoxy) is 2. The zero-order valence-electron chi connectivity index (χ0n) is 20.0. The summed E-state index contributed by atoms with van der Waals surface area (Å²) in [6.45, 7) is 2.57. The summed E-state index contributed by atoms with van der Waals surface area (Å²) in [5, 5.41) is 4.10. The SMILES string of the molecule is CCOc1ccc(N2C(=S)N[C@@H](c3ccccn3)[C@H]2c2cccn2-c2cccc(C(=O)OC)c2)cc1. The lowest BCUT2D eigenvalue weighted by atomic mass is 10.0. The normalized spacial score (nSPS) is 17.1. The highest BCUT2D eigenvalue weighted by molar-refractivity contribution is 7.80. The second-order valence-corrected chi connectivity index (χ2v) is 8.66. The largest absolute Gasteiger partial charge is 0.494 e. The first-order chi connectivity index (χ1) is 17.6. The van der Waals surface area contributed by atoms with Gasteiger partial charge in [-0.3, -0.25) is 4.98 Å². The van der Waals surface area contributed by atoms with Crippen LogP contribution in [0, 0.1) is 0 Å². The van der Waals surface area contributed by atoms with Crippen molar-refractivity contribution in [3.63, 3.8) is 0 Å². The number of aromatic nitrogens is 2. The topological polar surface area (TPSA) is 68.6 Å². The summed E-state index contributed by atoms with van der Waals surface area (Å²) in [4.78, 5) is 18.9. The molecule has 7 nitrogen and oxygen atoms in total. The molecule has 36 heavy (non-hydrogen) atoms. The van der Waals surface area contributed by atoms with Crippen molar-refractivity contribution in [1.29, 1.82) is 0 Å². The van der Waals surface area contributed by atoms with E-state index in [0.717, 1.165) is 28.5 Å². The van der Waals surface area contributed by atoms with Crippen LogP contribution in [0.2, 0.25) is 0 Å². The zero-order valence-corrected chi connectivity index (χ0v) is 20.8. The first-order valence-electron chi connectivity index (χ1n) is 11.7. The molecule has 3 heterocycles. The van der Waals surface area contributed by atoms with E-state index in [0.29, 0.717) is 17.3 Å². The Morgan fingerprint density at radius 2 is 1.86 bits per heavy atom. The van der Waals surface area contributed by atoms with Crippen molar-refractivity contribution in [2.24, 2.45) is 0 Å². The van der Waals surface area contributed by atoms with E-state index in [1.165, 1.54) is 7.11 Å². The molecule has 2 atom stereocenters. The zero-order chi connectivity index (χ0) is 25.1. The van der Waals surface area contributed by atoms with E-state index >= 15 is 0 Å². The molecule has 5 rings (SSSR count). The minimum Gasteiger partial charge on any atom is -0.494 e. The average Bonchev–Trinajstić information content (AvgIpc) is 3.54. The molecule has 0 aliphatic carbocycles. The number of thiocarbonyl (C=S) groups is 1. The molecule has 1 aliphatic heterocycles. The van der Waals surface area contributed by atoms with Crippen LogP contribution in [0.4, 0.5) is 5.69 Å². The fourth-order valence-corrected chi connectivity index (χ4v) is 4.92. The van der Waals surface area contributed by atoms with Crippen LogP contribution in [0.5, 0.6) is 5.75 Å². The van der Waals surface area contributed by atoms with Crippen LogP contribution in [-0.2, 0) is 4.74 Å². The molecule has 0 amide bonds. The number of hydrogen-bond acceptors (Lipinski definition) is 5. The number of carbonyl (C=O) groups excluding carboxylic acids is 1. The number of methoxy groups -OCH3 is 1. The highest BCUT2D eigenvalue weighted by Crippen LogP contribution is 2.42. The molecule has 0 radical (unpaired) electrons. The van der Waals surface area contributed by atoms with Gasteiger partial charge in [-0.25, -0.2) is 4.79 Å². The predicted molar refractivity (Wildman–Crippen MR) is 143 cm³/mol. The van der Waals surface area contributed by atoms with Crippen LogP contribution >= 0.6 is 12.2 Å². The maximum absolute atomic E-state index is 12.2. The Kier molecular flexibility index (Phi) is 6.69. The van der Waals surface area contributed by atoms with Crippen molar-refractivity contribution in [2.75, 3.05) is 18.6 Å². The molecule has 2 aromatic heterocycles. The van der Waals surface area contributed by atoms with E-state index in [1.807, 2.05) is 79.9 Å². The van der Waals surface area contributed by atoms with Gasteiger partial charge in [-0.15, -0.1) is 0 Å². The van der Waals surface area contributed by atoms with Gasteiger partial charge in [0.15, 0.2) is 5.11 Å². The monoisotopic (exact) mass is 498 g/mol. The first-order valence-corrected chi connectivity index (χ1v) is 12.1. The number of nitrogens with zero attached hydrogens (tertiary/aromatic N) is 3. The van der Waals surface area contributed by atoms with Crippen molar-refractivity contribution < 1.29 is 14.3 Å². The second-order valence-electron chi connectivity index (χ2n) is 8.27. The van der Waals surface area contributed by atoms with E-state index in [9.17, 15) is 4.79 Å². The molecular formula is C28H26N4O3S. The van der Waals surface area contributed by atoms with Gasteiger partial charge >= 0.3 is 5.97 Å². The van der Waals surface area contributed by atoms with Gasteiger partial charge in [0.2, 0.25) is 0 Å². The standard InChI is InChI=1S/C28H26N4O3S/c1-3-35-22-14-12-20(13-15-22)32-26(25(30-28(32)36)23-10-4-5-16-29-23)24-11-7-17-31(24)21-9-6-8-19(18-21)27(33)34-2/h4-18,25-26H,3H2,1-2H3,(H,30,36)/t25-,26+/m0/s1. The Bertz CT molecular complexity index is 1370. The van der Waals surface area contributed by atoms with Gasteiger partial charge in [0.1, 0.15) is 11.8 Å². The average molecular weight is 499 g/mol. The molecule has 1 saturated heterocycles. The van der Waals surface area contributed by atoms with Crippen molar-refractivity contribution in [2.45, 2.75) is 19.0 Å². The molecule has 1 fully saturated rings. The van der Waals surface area contributed by atoms with E-state index < -0.39 is 0 Å². The van der Waals surface area contributed by atoms with Crippen molar-refractivity contribution >= 4 is 29.0 Å².